The lowest BCUT2D eigenvalue weighted by molar-refractivity contribution is -0.137. The fourth-order valence-corrected chi connectivity index (χ4v) is 3.12. The van der Waals surface area contributed by atoms with Crippen molar-refractivity contribution in [2.75, 3.05) is 5.73 Å². The molecule has 5 nitrogen and oxygen atoms in total. The molecule has 2 N–H and O–H groups in total. The number of alkyl halides is 3. The first-order chi connectivity index (χ1) is 13.8. The third-order valence-corrected chi connectivity index (χ3v) is 4.63. The van der Waals surface area contributed by atoms with Crippen LogP contribution >= 0.6 is 0 Å². The van der Waals surface area contributed by atoms with Crippen LogP contribution in [0.1, 0.15) is 35.0 Å². The standard InChI is InChI=1S/C21H17F3N4O/c1-13-10-19-17(12-29-13)18(8-2-14-3-9-20(25)26-11-14)27-28(19)16-6-4-15(5-7-16)21(22,23)24/h3-7,9,11,13H,10,12H2,1H3,(H2,25,26)/t13-/m0/s1. The zero-order chi connectivity index (χ0) is 20.6. The molecule has 1 atom stereocenters. The molecule has 0 aliphatic carbocycles. The van der Waals surface area contributed by atoms with Crippen molar-refractivity contribution in [1.29, 1.82) is 0 Å². The number of nitrogens with two attached hydrogens (primary N) is 1. The SMILES string of the molecule is C[C@H]1Cc2c(c(C#Cc3ccc(N)nc3)nn2-c2ccc(C(F)(F)F)cc2)CO1. The average Bonchev–Trinajstić information content (AvgIpc) is 3.05. The fraction of sp³-hybridized carbons (Fsp3) is 0.238. The van der Waals surface area contributed by atoms with Crippen LogP contribution in [0.2, 0.25) is 0 Å². The van der Waals surface area contributed by atoms with Gasteiger partial charge in [0.05, 0.1) is 29.7 Å². The number of anilines is 1. The molecule has 2 aromatic heterocycles. The van der Waals surface area contributed by atoms with Gasteiger partial charge in [-0.05, 0) is 49.2 Å². The van der Waals surface area contributed by atoms with Crippen LogP contribution in [0.4, 0.5) is 19.0 Å². The predicted molar refractivity (Wildman–Crippen MR) is 101 cm³/mol. The van der Waals surface area contributed by atoms with Crippen molar-refractivity contribution in [2.24, 2.45) is 0 Å². The van der Waals surface area contributed by atoms with E-state index in [4.69, 9.17) is 10.5 Å². The summed E-state index contributed by atoms with van der Waals surface area (Å²) < 4.78 is 46.0. The van der Waals surface area contributed by atoms with E-state index in [-0.39, 0.29) is 6.10 Å². The topological polar surface area (TPSA) is 66.0 Å². The predicted octanol–water partition coefficient (Wildman–Crippen LogP) is 3.73. The monoisotopic (exact) mass is 398 g/mol. The molecule has 3 aromatic rings. The maximum atomic E-state index is 12.9. The lowest BCUT2D eigenvalue weighted by Crippen LogP contribution is -2.21. The number of ether oxygens (including phenoxy) is 1. The van der Waals surface area contributed by atoms with E-state index in [0.29, 0.717) is 35.8 Å². The summed E-state index contributed by atoms with van der Waals surface area (Å²) in [4.78, 5) is 4.00. The zero-order valence-electron chi connectivity index (χ0n) is 15.5. The molecule has 0 fully saturated rings. The summed E-state index contributed by atoms with van der Waals surface area (Å²) in [5.41, 5.74) is 8.38. The first-order valence-corrected chi connectivity index (χ1v) is 8.95. The number of benzene rings is 1. The molecule has 1 aliphatic heterocycles. The highest BCUT2D eigenvalue weighted by molar-refractivity contribution is 5.48. The Hall–Kier alpha value is -3.31. The van der Waals surface area contributed by atoms with E-state index in [9.17, 15) is 13.2 Å². The Morgan fingerprint density at radius 3 is 2.55 bits per heavy atom. The Morgan fingerprint density at radius 1 is 1.14 bits per heavy atom. The van der Waals surface area contributed by atoms with E-state index in [1.54, 1.807) is 23.0 Å². The lowest BCUT2D eigenvalue weighted by Gasteiger charge is -2.21. The van der Waals surface area contributed by atoms with Crippen LogP contribution in [0, 0.1) is 11.8 Å². The van der Waals surface area contributed by atoms with E-state index in [1.807, 2.05) is 6.92 Å². The summed E-state index contributed by atoms with van der Waals surface area (Å²) in [7, 11) is 0. The summed E-state index contributed by atoms with van der Waals surface area (Å²) in [6, 6.07) is 8.35. The number of nitrogen functional groups attached to an aromatic ring is 1. The van der Waals surface area contributed by atoms with Crippen molar-refractivity contribution in [1.82, 2.24) is 14.8 Å². The molecule has 148 valence electrons. The Labute approximate surface area is 165 Å². The Balaban J connectivity index is 1.74. The summed E-state index contributed by atoms with van der Waals surface area (Å²) >= 11 is 0. The van der Waals surface area contributed by atoms with Gasteiger partial charge in [0.15, 0.2) is 0 Å². The molecule has 0 saturated carbocycles. The lowest BCUT2D eigenvalue weighted by atomic mass is 10.1. The highest BCUT2D eigenvalue weighted by Gasteiger charge is 2.30. The minimum absolute atomic E-state index is 0.0190. The van der Waals surface area contributed by atoms with Crippen molar-refractivity contribution in [3.05, 3.63) is 70.7 Å². The van der Waals surface area contributed by atoms with E-state index in [1.165, 1.54) is 12.1 Å². The van der Waals surface area contributed by atoms with Crippen LogP contribution in [0.15, 0.2) is 42.6 Å². The molecule has 8 heteroatoms. The van der Waals surface area contributed by atoms with Crippen molar-refractivity contribution in [2.45, 2.75) is 32.2 Å². The van der Waals surface area contributed by atoms with Gasteiger partial charge in [-0.3, -0.25) is 0 Å². The normalized spacial score (nSPS) is 16.1. The quantitative estimate of drug-likeness (QED) is 0.635. The van der Waals surface area contributed by atoms with Crippen LogP contribution in [0.3, 0.4) is 0 Å². The molecule has 4 rings (SSSR count). The highest BCUT2D eigenvalue weighted by atomic mass is 19.4. The number of halogens is 3. The van der Waals surface area contributed by atoms with Crippen molar-refractivity contribution in [3.8, 4) is 17.5 Å². The van der Waals surface area contributed by atoms with Gasteiger partial charge < -0.3 is 10.5 Å². The number of fused-ring (bicyclic) bond motifs is 1. The van der Waals surface area contributed by atoms with Crippen molar-refractivity contribution >= 4 is 5.82 Å². The largest absolute Gasteiger partial charge is 0.416 e. The molecule has 0 spiro atoms. The molecule has 0 saturated heterocycles. The Kier molecular flexibility index (Phi) is 4.76. The van der Waals surface area contributed by atoms with Crippen LogP contribution < -0.4 is 5.73 Å². The van der Waals surface area contributed by atoms with Crippen molar-refractivity contribution in [3.63, 3.8) is 0 Å². The fourth-order valence-electron chi connectivity index (χ4n) is 3.12. The number of hydrogen-bond acceptors (Lipinski definition) is 4. The first-order valence-electron chi connectivity index (χ1n) is 8.95. The van der Waals surface area contributed by atoms with Gasteiger partial charge in [0, 0.05) is 23.7 Å². The third-order valence-electron chi connectivity index (χ3n) is 4.63. The molecule has 0 amide bonds. The molecule has 3 heterocycles. The molecular weight excluding hydrogens is 381 g/mol. The van der Waals surface area contributed by atoms with Gasteiger partial charge in [0.2, 0.25) is 0 Å². The third kappa shape index (κ3) is 3.96. The molecule has 0 unspecified atom stereocenters. The van der Waals surface area contributed by atoms with Crippen LogP contribution in [-0.4, -0.2) is 20.9 Å². The van der Waals surface area contributed by atoms with E-state index in [2.05, 4.69) is 21.9 Å². The van der Waals surface area contributed by atoms with E-state index in [0.717, 1.165) is 23.4 Å². The van der Waals surface area contributed by atoms with Gasteiger partial charge in [-0.2, -0.15) is 18.3 Å². The van der Waals surface area contributed by atoms with Gasteiger partial charge >= 0.3 is 6.18 Å². The Bertz CT molecular complexity index is 1090. The molecular formula is C21H17F3N4O. The van der Waals surface area contributed by atoms with Crippen LogP contribution in [0.25, 0.3) is 5.69 Å². The van der Waals surface area contributed by atoms with Gasteiger partial charge in [-0.1, -0.05) is 5.92 Å². The van der Waals surface area contributed by atoms with Gasteiger partial charge in [-0.15, -0.1) is 0 Å². The van der Waals surface area contributed by atoms with Crippen LogP contribution in [0.5, 0.6) is 0 Å². The smallest absolute Gasteiger partial charge is 0.384 e. The minimum atomic E-state index is -4.38. The van der Waals surface area contributed by atoms with Gasteiger partial charge in [0.1, 0.15) is 11.5 Å². The summed E-state index contributed by atoms with van der Waals surface area (Å²) in [6.45, 7) is 2.29. The number of rotatable bonds is 1. The summed E-state index contributed by atoms with van der Waals surface area (Å²) in [5, 5.41) is 4.56. The van der Waals surface area contributed by atoms with Crippen molar-refractivity contribution < 1.29 is 17.9 Å². The van der Waals surface area contributed by atoms with Gasteiger partial charge in [-0.25, -0.2) is 9.67 Å². The van der Waals surface area contributed by atoms with E-state index >= 15 is 0 Å². The number of hydrogen-bond donors (Lipinski definition) is 1. The highest BCUT2D eigenvalue weighted by Crippen LogP contribution is 2.31. The molecule has 29 heavy (non-hydrogen) atoms. The number of aromatic nitrogens is 3. The maximum Gasteiger partial charge on any atom is 0.416 e. The molecule has 0 radical (unpaired) electrons. The molecule has 1 aliphatic rings. The summed E-state index contributed by atoms with van der Waals surface area (Å²) in [5.74, 6) is 6.43. The second-order valence-electron chi connectivity index (χ2n) is 6.78. The average molecular weight is 398 g/mol. The first kappa shape index (κ1) is 19.0. The second-order valence-corrected chi connectivity index (χ2v) is 6.78. The number of pyridine rings is 1. The van der Waals surface area contributed by atoms with E-state index < -0.39 is 11.7 Å². The molecule has 0 bridgehead atoms. The van der Waals surface area contributed by atoms with Crippen LogP contribution in [-0.2, 0) is 23.9 Å². The zero-order valence-corrected chi connectivity index (χ0v) is 15.5. The maximum absolute atomic E-state index is 12.9. The second kappa shape index (κ2) is 7.26. The Morgan fingerprint density at radius 2 is 1.90 bits per heavy atom. The molecule has 1 aromatic carbocycles. The van der Waals surface area contributed by atoms with Gasteiger partial charge in [0.25, 0.3) is 0 Å². The summed E-state index contributed by atoms with van der Waals surface area (Å²) in [6.07, 6.45) is -2.24. The number of nitrogens with zero attached hydrogens (tertiary/aromatic N) is 3. The minimum Gasteiger partial charge on any atom is -0.384 e.